The monoisotopic (exact) mass is 452 g/mol. The average Bonchev–Trinajstić information content (AvgIpc) is 3.46. The Morgan fingerprint density at radius 1 is 1.19 bits per heavy atom. The van der Waals surface area contributed by atoms with Crippen LogP contribution in [0.1, 0.15) is 35.9 Å². The molecule has 1 atom stereocenters. The van der Waals surface area contributed by atoms with Crippen LogP contribution in [0, 0.1) is 0 Å². The third kappa shape index (κ3) is 4.08. The molecule has 2 aromatic heterocycles. The fourth-order valence-electron chi connectivity index (χ4n) is 4.40. The molecule has 1 aromatic carbocycles. The van der Waals surface area contributed by atoms with Crippen molar-refractivity contribution in [3.63, 3.8) is 0 Å². The van der Waals surface area contributed by atoms with Crippen LogP contribution >= 0.6 is 11.3 Å². The van der Waals surface area contributed by atoms with Gasteiger partial charge in [-0.1, -0.05) is 6.92 Å². The maximum Gasteiger partial charge on any atom is 0.319 e. The van der Waals surface area contributed by atoms with E-state index < -0.39 is 0 Å². The zero-order valence-electron chi connectivity index (χ0n) is 18.4. The number of hydrogen-bond acceptors (Lipinski definition) is 5. The topological polar surface area (TPSA) is 67.8 Å². The lowest BCUT2D eigenvalue weighted by Crippen LogP contribution is -2.33. The van der Waals surface area contributed by atoms with Gasteiger partial charge in [-0.25, -0.2) is 4.79 Å². The molecule has 0 fully saturated rings. The fraction of sp³-hybridized carbons (Fsp3) is 0.375. The third-order valence-electron chi connectivity index (χ3n) is 6.02. The molecule has 2 aliphatic heterocycles. The molecule has 5 rings (SSSR count). The summed E-state index contributed by atoms with van der Waals surface area (Å²) in [5.74, 6) is 1.36. The Labute approximate surface area is 191 Å². The van der Waals surface area contributed by atoms with Gasteiger partial charge in [-0.3, -0.25) is 4.90 Å². The first-order chi connectivity index (χ1) is 15.6. The Morgan fingerprint density at radius 3 is 2.75 bits per heavy atom. The summed E-state index contributed by atoms with van der Waals surface area (Å²) in [5.41, 5.74) is 3.28. The molecule has 3 aromatic rings. The summed E-state index contributed by atoms with van der Waals surface area (Å²) in [6.07, 6.45) is 5.15. The molecular formula is C24H28N4O3S. The van der Waals surface area contributed by atoms with Crippen LogP contribution < -0.4 is 20.1 Å². The highest BCUT2D eigenvalue weighted by molar-refractivity contribution is 7.15. The first-order valence-corrected chi connectivity index (χ1v) is 11.9. The van der Waals surface area contributed by atoms with Crippen LogP contribution in [0.3, 0.4) is 0 Å². The van der Waals surface area contributed by atoms with Gasteiger partial charge in [-0.2, -0.15) is 0 Å². The molecule has 32 heavy (non-hydrogen) atoms. The van der Waals surface area contributed by atoms with E-state index in [1.54, 1.807) is 6.07 Å². The summed E-state index contributed by atoms with van der Waals surface area (Å²) in [6, 6.07) is 9.16. The minimum Gasteiger partial charge on any atom is -0.486 e. The van der Waals surface area contributed by atoms with E-state index in [0.717, 1.165) is 26.1 Å². The number of benzene rings is 1. The van der Waals surface area contributed by atoms with Gasteiger partial charge in [0.15, 0.2) is 11.5 Å². The Bertz CT molecular complexity index is 1110. The van der Waals surface area contributed by atoms with Gasteiger partial charge >= 0.3 is 6.03 Å². The third-order valence-corrected chi connectivity index (χ3v) is 7.27. The molecule has 7 nitrogen and oxygen atoms in total. The standard InChI is InChI=1S/C24H28N4O3S/c1-3-27-11-8-18-21(15-27)32-23(28-9-4-5-10-28)22(18)16(2)25-24(29)26-17-6-7-19-20(14-17)31-13-12-30-19/h4-7,9-10,14,16H,3,8,11-13,15H2,1-2H3,(H2,25,26,29)/t16-/m0/s1. The highest BCUT2D eigenvalue weighted by atomic mass is 32.1. The molecule has 8 heteroatoms. The van der Waals surface area contributed by atoms with Crippen molar-refractivity contribution in [3.05, 3.63) is 58.7 Å². The molecule has 168 valence electrons. The van der Waals surface area contributed by atoms with Crippen LogP contribution in [0.4, 0.5) is 10.5 Å². The molecule has 0 spiro atoms. The lowest BCUT2D eigenvalue weighted by molar-refractivity contribution is 0.171. The van der Waals surface area contributed by atoms with Gasteiger partial charge in [0.2, 0.25) is 0 Å². The number of nitrogens with one attached hydrogen (secondary N) is 2. The summed E-state index contributed by atoms with van der Waals surface area (Å²) in [5, 5.41) is 7.27. The van der Waals surface area contributed by atoms with Gasteiger partial charge in [0, 0.05) is 47.7 Å². The Balaban J connectivity index is 1.36. The SMILES string of the molecule is CCN1CCc2c(sc(-n3cccc3)c2[C@H](C)NC(=O)Nc2ccc3c(c2)OCCO3)C1. The fourth-order valence-corrected chi connectivity index (χ4v) is 5.85. The summed E-state index contributed by atoms with van der Waals surface area (Å²) in [6.45, 7) is 8.40. The first kappa shape index (κ1) is 20.9. The highest BCUT2D eigenvalue weighted by Gasteiger charge is 2.28. The quantitative estimate of drug-likeness (QED) is 0.595. The number of rotatable bonds is 5. The van der Waals surface area contributed by atoms with Crippen LogP contribution in [0.2, 0.25) is 0 Å². The van der Waals surface area contributed by atoms with Crippen LogP contribution in [0.15, 0.2) is 42.7 Å². The summed E-state index contributed by atoms with van der Waals surface area (Å²) in [7, 11) is 0. The number of aromatic nitrogens is 1. The smallest absolute Gasteiger partial charge is 0.319 e. The zero-order valence-corrected chi connectivity index (χ0v) is 19.2. The maximum atomic E-state index is 12.8. The second-order valence-corrected chi connectivity index (χ2v) is 9.19. The van der Waals surface area contributed by atoms with Crippen molar-refractivity contribution < 1.29 is 14.3 Å². The van der Waals surface area contributed by atoms with Crippen molar-refractivity contribution in [2.24, 2.45) is 0 Å². The van der Waals surface area contributed by atoms with Crippen molar-refractivity contribution in [1.82, 2.24) is 14.8 Å². The lowest BCUT2D eigenvalue weighted by atomic mass is 9.98. The van der Waals surface area contributed by atoms with E-state index in [1.165, 1.54) is 21.0 Å². The van der Waals surface area contributed by atoms with Crippen molar-refractivity contribution in [2.45, 2.75) is 32.9 Å². The number of thiophene rings is 1. The number of amides is 2. The van der Waals surface area contributed by atoms with E-state index in [2.05, 4.69) is 46.3 Å². The number of hydrogen-bond donors (Lipinski definition) is 2. The highest BCUT2D eigenvalue weighted by Crippen LogP contribution is 2.39. The molecule has 2 amide bonds. The predicted octanol–water partition coefficient (Wildman–Crippen LogP) is 4.57. The molecule has 0 radical (unpaired) electrons. The molecule has 0 unspecified atom stereocenters. The number of nitrogens with zero attached hydrogens (tertiary/aromatic N) is 2. The largest absolute Gasteiger partial charge is 0.486 e. The van der Waals surface area contributed by atoms with Crippen molar-refractivity contribution in [2.75, 3.05) is 31.6 Å². The van der Waals surface area contributed by atoms with Crippen LogP contribution in [0.5, 0.6) is 11.5 Å². The Morgan fingerprint density at radius 2 is 1.97 bits per heavy atom. The van der Waals surface area contributed by atoms with E-state index in [0.29, 0.717) is 30.4 Å². The minimum absolute atomic E-state index is 0.127. The van der Waals surface area contributed by atoms with Gasteiger partial charge in [0.25, 0.3) is 0 Å². The van der Waals surface area contributed by atoms with Crippen LogP contribution in [-0.4, -0.2) is 41.8 Å². The van der Waals surface area contributed by atoms with E-state index in [9.17, 15) is 4.79 Å². The van der Waals surface area contributed by atoms with E-state index in [1.807, 2.05) is 35.6 Å². The van der Waals surface area contributed by atoms with Crippen molar-refractivity contribution in [1.29, 1.82) is 0 Å². The Hall–Kier alpha value is -2.97. The number of fused-ring (bicyclic) bond motifs is 2. The van der Waals surface area contributed by atoms with E-state index in [-0.39, 0.29) is 12.1 Å². The summed E-state index contributed by atoms with van der Waals surface area (Å²) < 4.78 is 13.3. The van der Waals surface area contributed by atoms with Gasteiger partial charge in [0.05, 0.1) is 6.04 Å². The first-order valence-electron chi connectivity index (χ1n) is 11.1. The van der Waals surface area contributed by atoms with Gasteiger partial charge in [-0.05, 0) is 49.7 Å². The van der Waals surface area contributed by atoms with Crippen molar-refractivity contribution >= 4 is 23.1 Å². The molecular weight excluding hydrogens is 424 g/mol. The number of likely N-dealkylation sites (N-methyl/N-ethyl adjacent to an activating group) is 1. The Kier molecular flexibility index (Phi) is 5.80. The lowest BCUT2D eigenvalue weighted by Gasteiger charge is -2.27. The number of carbonyl (C=O) groups excluding carboxylic acids is 1. The van der Waals surface area contributed by atoms with E-state index >= 15 is 0 Å². The molecule has 2 N–H and O–H groups in total. The molecule has 0 saturated heterocycles. The zero-order chi connectivity index (χ0) is 22.1. The second kappa shape index (κ2) is 8.88. The number of carbonyl (C=O) groups is 1. The molecule has 4 heterocycles. The van der Waals surface area contributed by atoms with Crippen LogP contribution in [-0.2, 0) is 13.0 Å². The minimum atomic E-state index is -0.237. The van der Waals surface area contributed by atoms with E-state index in [4.69, 9.17) is 9.47 Å². The average molecular weight is 453 g/mol. The second-order valence-electron chi connectivity index (χ2n) is 8.11. The van der Waals surface area contributed by atoms with Gasteiger partial charge < -0.3 is 24.7 Å². The van der Waals surface area contributed by atoms with Crippen LogP contribution in [0.25, 0.3) is 5.00 Å². The predicted molar refractivity (Wildman–Crippen MR) is 126 cm³/mol. The molecule has 2 aliphatic rings. The number of urea groups is 1. The molecule has 0 saturated carbocycles. The van der Waals surface area contributed by atoms with Crippen molar-refractivity contribution in [3.8, 4) is 16.5 Å². The molecule has 0 bridgehead atoms. The number of ether oxygens (including phenoxy) is 2. The normalized spacial score (nSPS) is 16.3. The summed E-state index contributed by atoms with van der Waals surface area (Å²) in [4.78, 5) is 16.7. The summed E-state index contributed by atoms with van der Waals surface area (Å²) >= 11 is 1.83. The number of anilines is 1. The maximum absolute atomic E-state index is 12.8. The van der Waals surface area contributed by atoms with Gasteiger partial charge in [-0.15, -0.1) is 11.3 Å². The van der Waals surface area contributed by atoms with Gasteiger partial charge in [0.1, 0.15) is 18.2 Å². The molecule has 0 aliphatic carbocycles.